The second kappa shape index (κ2) is 11.7. The first-order valence-electron chi connectivity index (χ1n) is 11.9. The molecule has 3 aromatic carbocycles. The number of unbranched alkanes of at least 4 members (excludes halogenated alkanes) is 3. The van der Waals surface area contributed by atoms with E-state index in [2.05, 4.69) is 11.7 Å². The van der Waals surface area contributed by atoms with Crippen molar-refractivity contribution in [1.82, 2.24) is 0 Å². The van der Waals surface area contributed by atoms with Gasteiger partial charge in [0.15, 0.2) is 0 Å². The predicted octanol–water partition coefficient (Wildman–Crippen LogP) is 8.91. The van der Waals surface area contributed by atoms with Crippen LogP contribution in [0.3, 0.4) is 0 Å². The second-order valence-electron chi connectivity index (χ2n) is 8.50. The summed E-state index contributed by atoms with van der Waals surface area (Å²) in [6.45, 7) is 3.74. The maximum absolute atomic E-state index is 14.6. The molecule has 0 bridgehead atoms. The van der Waals surface area contributed by atoms with Gasteiger partial charge < -0.3 is 9.47 Å². The van der Waals surface area contributed by atoms with Gasteiger partial charge in [-0.1, -0.05) is 45.2 Å². The minimum absolute atomic E-state index is 0.0503. The normalized spacial score (nSPS) is 12.0. The molecular weight excluding hydrogens is 482 g/mol. The van der Waals surface area contributed by atoms with Crippen molar-refractivity contribution in [1.29, 1.82) is 0 Å². The van der Waals surface area contributed by atoms with Crippen LogP contribution in [0.1, 0.15) is 61.8 Å². The van der Waals surface area contributed by atoms with Gasteiger partial charge in [0.05, 0.1) is 5.56 Å². The van der Waals surface area contributed by atoms with E-state index in [1.807, 2.05) is 0 Å². The highest BCUT2D eigenvalue weighted by molar-refractivity contribution is 5.34. The summed E-state index contributed by atoms with van der Waals surface area (Å²) < 4.78 is 95.8. The molecule has 0 N–H and O–H groups in total. The van der Waals surface area contributed by atoms with Crippen LogP contribution in [0.25, 0.3) is 0 Å². The van der Waals surface area contributed by atoms with E-state index in [-0.39, 0.29) is 17.7 Å². The summed E-state index contributed by atoms with van der Waals surface area (Å²) in [6.07, 6.45) is -2.62. The third-order valence-corrected chi connectivity index (χ3v) is 5.73. The second-order valence-corrected chi connectivity index (χ2v) is 8.50. The molecule has 194 valence electrons. The van der Waals surface area contributed by atoms with Crippen molar-refractivity contribution in [2.45, 2.75) is 64.6 Å². The van der Waals surface area contributed by atoms with Crippen molar-refractivity contribution in [2.75, 3.05) is 0 Å². The van der Waals surface area contributed by atoms with Gasteiger partial charge in [-0.25, -0.2) is 8.78 Å². The van der Waals surface area contributed by atoms with Crippen LogP contribution in [0.15, 0.2) is 60.7 Å². The fourth-order valence-corrected chi connectivity index (χ4v) is 3.71. The third kappa shape index (κ3) is 6.95. The van der Waals surface area contributed by atoms with E-state index in [1.165, 1.54) is 12.1 Å². The Hall–Kier alpha value is -3.16. The van der Waals surface area contributed by atoms with Crippen molar-refractivity contribution >= 4 is 0 Å². The van der Waals surface area contributed by atoms with Gasteiger partial charge >= 0.3 is 12.2 Å². The summed E-state index contributed by atoms with van der Waals surface area (Å²) in [7, 11) is 0. The Balaban J connectivity index is 1.67. The largest absolute Gasteiger partial charge is 0.432 e. The van der Waals surface area contributed by atoms with Crippen LogP contribution in [-0.2, 0) is 25.1 Å². The smallest absolute Gasteiger partial charge is 0.429 e. The molecule has 0 amide bonds. The Labute approximate surface area is 206 Å². The topological polar surface area (TPSA) is 18.5 Å². The molecule has 0 fully saturated rings. The molecule has 0 aliphatic rings. The minimum atomic E-state index is -4.36. The Morgan fingerprint density at radius 2 is 1.17 bits per heavy atom. The lowest BCUT2D eigenvalue weighted by Crippen LogP contribution is -2.25. The zero-order chi connectivity index (χ0) is 26.3. The third-order valence-electron chi connectivity index (χ3n) is 5.73. The van der Waals surface area contributed by atoms with Crippen molar-refractivity contribution in [2.24, 2.45) is 0 Å². The van der Waals surface area contributed by atoms with Gasteiger partial charge in [-0.05, 0) is 78.9 Å². The Morgan fingerprint density at radius 3 is 1.69 bits per heavy atom. The maximum Gasteiger partial charge on any atom is 0.432 e. The molecular formula is C28H28F6O2. The van der Waals surface area contributed by atoms with Crippen LogP contribution in [0, 0.1) is 11.6 Å². The first-order valence-corrected chi connectivity index (χ1v) is 11.9. The van der Waals surface area contributed by atoms with Crippen molar-refractivity contribution < 1.29 is 35.8 Å². The molecule has 0 unspecified atom stereocenters. The van der Waals surface area contributed by atoms with Gasteiger partial charge in [-0.3, -0.25) is 0 Å². The minimum Gasteiger partial charge on any atom is -0.429 e. The molecule has 3 rings (SSSR count). The molecule has 0 aromatic heterocycles. The summed E-state index contributed by atoms with van der Waals surface area (Å²) >= 11 is 0. The van der Waals surface area contributed by atoms with E-state index < -0.39 is 40.7 Å². The lowest BCUT2D eigenvalue weighted by molar-refractivity contribution is -0.190. The summed E-state index contributed by atoms with van der Waals surface area (Å²) in [4.78, 5) is 0. The zero-order valence-corrected chi connectivity index (χ0v) is 20.1. The molecule has 0 saturated carbocycles. The van der Waals surface area contributed by atoms with Crippen LogP contribution < -0.4 is 9.47 Å². The average Bonchev–Trinajstić information content (AvgIpc) is 2.82. The molecule has 0 radical (unpaired) electrons. The molecule has 0 atom stereocenters. The van der Waals surface area contributed by atoms with Gasteiger partial charge in [0.25, 0.3) is 0 Å². The highest BCUT2D eigenvalue weighted by atomic mass is 19.3. The van der Waals surface area contributed by atoms with Crippen molar-refractivity contribution in [3.05, 3.63) is 94.6 Å². The highest BCUT2D eigenvalue weighted by Crippen LogP contribution is 2.37. The number of hydrogen-bond acceptors (Lipinski definition) is 2. The molecule has 36 heavy (non-hydrogen) atoms. The fourth-order valence-electron chi connectivity index (χ4n) is 3.71. The number of halogens is 6. The van der Waals surface area contributed by atoms with Crippen molar-refractivity contribution in [3.63, 3.8) is 0 Å². The zero-order valence-electron chi connectivity index (χ0n) is 20.1. The summed E-state index contributed by atoms with van der Waals surface area (Å²) in [5.74, 6) is -3.52. The molecule has 3 aromatic rings. The summed E-state index contributed by atoms with van der Waals surface area (Å²) in [5.41, 5.74) is -0.933. The van der Waals surface area contributed by atoms with Crippen molar-refractivity contribution in [3.8, 4) is 11.5 Å². The Bertz CT molecular complexity index is 1100. The molecule has 0 heterocycles. The van der Waals surface area contributed by atoms with Gasteiger partial charge in [0.2, 0.25) is 0 Å². The van der Waals surface area contributed by atoms with E-state index in [0.29, 0.717) is 0 Å². The van der Waals surface area contributed by atoms with Gasteiger partial charge in [0, 0.05) is 0 Å². The van der Waals surface area contributed by atoms with E-state index >= 15 is 0 Å². The first kappa shape index (κ1) is 27.4. The fraction of sp³-hybridized carbons (Fsp3) is 0.357. The molecule has 0 aliphatic carbocycles. The van der Waals surface area contributed by atoms with E-state index in [4.69, 9.17) is 4.74 Å². The SMILES string of the molecule is CCCCCCc1ccc(OC(F)(F)c2ccc(OC(F)(F)c3c(F)cc(CC)cc3F)cc2)cc1. The maximum atomic E-state index is 14.6. The van der Waals surface area contributed by atoms with Crippen LogP contribution in [0.5, 0.6) is 11.5 Å². The van der Waals surface area contributed by atoms with Gasteiger partial charge in [-0.2, -0.15) is 17.6 Å². The molecule has 0 saturated heterocycles. The van der Waals surface area contributed by atoms with Crippen LogP contribution in [0.4, 0.5) is 26.3 Å². The van der Waals surface area contributed by atoms with E-state index in [9.17, 15) is 26.3 Å². The number of aryl methyl sites for hydroxylation is 2. The van der Waals surface area contributed by atoms with Crippen LogP contribution >= 0.6 is 0 Å². The van der Waals surface area contributed by atoms with E-state index in [1.54, 1.807) is 19.1 Å². The van der Waals surface area contributed by atoms with Gasteiger partial charge in [-0.15, -0.1) is 0 Å². The predicted molar refractivity (Wildman–Crippen MR) is 126 cm³/mol. The molecule has 0 spiro atoms. The van der Waals surface area contributed by atoms with E-state index in [0.717, 1.165) is 74.1 Å². The molecule has 0 aliphatic heterocycles. The average molecular weight is 511 g/mol. The number of benzene rings is 3. The van der Waals surface area contributed by atoms with Gasteiger partial charge in [0.1, 0.15) is 28.7 Å². The molecule has 2 nitrogen and oxygen atoms in total. The summed E-state index contributed by atoms with van der Waals surface area (Å²) in [6, 6.07) is 11.4. The molecule has 8 heteroatoms. The lowest BCUT2D eigenvalue weighted by atomic mass is 10.1. The lowest BCUT2D eigenvalue weighted by Gasteiger charge is -2.21. The number of alkyl halides is 4. The van der Waals surface area contributed by atoms with Crippen LogP contribution in [-0.4, -0.2) is 0 Å². The number of rotatable bonds is 12. The summed E-state index contributed by atoms with van der Waals surface area (Å²) in [5, 5.41) is 0. The number of ether oxygens (including phenoxy) is 2. The Kier molecular flexibility index (Phi) is 8.93. The standard InChI is InChI=1S/C28H28F6O2/c1-3-5-6-7-8-20-9-13-22(14-10-20)35-27(31,32)21-11-15-23(16-12-21)36-28(33,34)26-24(29)17-19(4-2)18-25(26)30/h9-18H,3-8H2,1-2H3. The Morgan fingerprint density at radius 1 is 0.639 bits per heavy atom. The highest BCUT2D eigenvalue weighted by Gasteiger charge is 2.41. The number of hydrogen-bond donors (Lipinski definition) is 0. The van der Waals surface area contributed by atoms with Crippen LogP contribution in [0.2, 0.25) is 0 Å². The quantitative estimate of drug-likeness (QED) is 0.179. The monoisotopic (exact) mass is 510 g/mol. The first-order chi connectivity index (χ1) is 17.1.